The van der Waals surface area contributed by atoms with Gasteiger partial charge in [0.2, 0.25) is 6.79 Å². The van der Waals surface area contributed by atoms with Crippen molar-refractivity contribution in [1.82, 2.24) is 4.98 Å². The molecular weight excluding hydrogens is 265 g/mol. The summed E-state index contributed by atoms with van der Waals surface area (Å²) in [5, 5.41) is 2.59. The first-order valence-electron chi connectivity index (χ1n) is 5.75. The molecule has 0 spiro atoms. The van der Waals surface area contributed by atoms with Crippen LogP contribution in [0.5, 0.6) is 11.5 Å². The van der Waals surface area contributed by atoms with Gasteiger partial charge in [-0.1, -0.05) is 0 Å². The maximum Gasteiger partial charge on any atom is 0.259 e. The van der Waals surface area contributed by atoms with Crippen molar-refractivity contribution in [3.63, 3.8) is 0 Å². The van der Waals surface area contributed by atoms with Gasteiger partial charge in [0.1, 0.15) is 11.6 Å². The molecule has 1 aliphatic rings. The standard InChI is InChI=1S/C13H10FN3O3/c14-7-3-9(12(15)16-5-7)13(18)17-8-1-2-10-11(4-8)20-6-19-10/h1-5H,6H2,(H2,15,16)(H,17,18). The molecule has 1 aromatic heterocycles. The number of aromatic nitrogens is 1. The number of hydrogen-bond acceptors (Lipinski definition) is 5. The lowest BCUT2D eigenvalue weighted by atomic mass is 10.2. The number of halogens is 1. The monoisotopic (exact) mass is 275 g/mol. The molecule has 6 nitrogen and oxygen atoms in total. The molecule has 0 saturated heterocycles. The average Bonchev–Trinajstić information content (AvgIpc) is 2.89. The van der Waals surface area contributed by atoms with Crippen molar-refractivity contribution >= 4 is 17.4 Å². The van der Waals surface area contributed by atoms with Crippen molar-refractivity contribution < 1.29 is 18.7 Å². The van der Waals surface area contributed by atoms with Crippen LogP contribution in [0, 0.1) is 5.82 Å². The van der Waals surface area contributed by atoms with Crippen LogP contribution >= 0.6 is 0 Å². The summed E-state index contributed by atoms with van der Waals surface area (Å²) in [6.07, 6.45) is 0.951. The molecule has 1 amide bonds. The van der Waals surface area contributed by atoms with Gasteiger partial charge in [0.25, 0.3) is 5.91 Å². The maximum atomic E-state index is 13.1. The predicted octanol–water partition coefficient (Wildman–Crippen LogP) is 1.78. The van der Waals surface area contributed by atoms with Gasteiger partial charge in [-0.05, 0) is 18.2 Å². The number of nitrogens with one attached hydrogen (secondary N) is 1. The van der Waals surface area contributed by atoms with E-state index in [1.165, 1.54) is 0 Å². The van der Waals surface area contributed by atoms with Crippen molar-refractivity contribution in [2.75, 3.05) is 17.8 Å². The van der Waals surface area contributed by atoms with Crippen molar-refractivity contribution in [2.45, 2.75) is 0 Å². The van der Waals surface area contributed by atoms with E-state index in [0.29, 0.717) is 17.2 Å². The first-order valence-corrected chi connectivity index (χ1v) is 5.75. The molecule has 0 fully saturated rings. The average molecular weight is 275 g/mol. The zero-order valence-corrected chi connectivity index (χ0v) is 10.2. The molecular formula is C13H10FN3O3. The van der Waals surface area contributed by atoms with Gasteiger partial charge in [-0.3, -0.25) is 4.79 Å². The van der Waals surface area contributed by atoms with Crippen LogP contribution in [-0.4, -0.2) is 17.7 Å². The summed E-state index contributed by atoms with van der Waals surface area (Å²) in [6, 6.07) is 5.97. The highest BCUT2D eigenvalue weighted by Gasteiger charge is 2.16. The number of rotatable bonds is 2. The Morgan fingerprint density at radius 3 is 2.95 bits per heavy atom. The number of carbonyl (C=O) groups is 1. The Bertz CT molecular complexity index is 691. The number of carbonyl (C=O) groups excluding carboxylic acids is 1. The van der Waals surface area contributed by atoms with Crippen LogP contribution in [0.1, 0.15) is 10.4 Å². The third-order valence-electron chi connectivity index (χ3n) is 2.76. The van der Waals surface area contributed by atoms with E-state index in [1.807, 2.05) is 0 Å². The van der Waals surface area contributed by atoms with Crippen molar-refractivity contribution in [2.24, 2.45) is 0 Å². The van der Waals surface area contributed by atoms with Gasteiger partial charge < -0.3 is 20.5 Å². The van der Waals surface area contributed by atoms with E-state index in [1.54, 1.807) is 18.2 Å². The van der Waals surface area contributed by atoms with E-state index in [9.17, 15) is 9.18 Å². The van der Waals surface area contributed by atoms with E-state index < -0.39 is 11.7 Å². The van der Waals surface area contributed by atoms with E-state index in [2.05, 4.69) is 10.3 Å². The molecule has 0 aliphatic carbocycles. The lowest BCUT2D eigenvalue weighted by Gasteiger charge is -2.07. The van der Waals surface area contributed by atoms with Gasteiger partial charge in [-0.25, -0.2) is 9.37 Å². The predicted molar refractivity (Wildman–Crippen MR) is 69.1 cm³/mol. The SMILES string of the molecule is Nc1ncc(F)cc1C(=O)Nc1ccc2c(c1)OCO2. The molecule has 0 radical (unpaired) electrons. The zero-order chi connectivity index (χ0) is 14.1. The Balaban J connectivity index is 1.84. The highest BCUT2D eigenvalue weighted by atomic mass is 19.1. The highest BCUT2D eigenvalue weighted by Crippen LogP contribution is 2.34. The number of benzene rings is 1. The Morgan fingerprint density at radius 1 is 1.30 bits per heavy atom. The van der Waals surface area contributed by atoms with Gasteiger partial charge in [-0.2, -0.15) is 0 Å². The molecule has 102 valence electrons. The molecule has 3 N–H and O–H groups in total. The van der Waals surface area contributed by atoms with Crippen LogP contribution in [0.15, 0.2) is 30.5 Å². The van der Waals surface area contributed by atoms with Crippen molar-refractivity contribution in [3.05, 3.63) is 41.8 Å². The topological polar surface area (TPSA) is 86.5 Å². The number of nitrogens with zero attached hydrogens (tertiary/aromatic N) is 1. The van der Waals surface area contributed by atoms with Crippen LogP contribution in [-0.2, 0) is 0 Å². The first-order chi connectivity index (χ1) is 9.63. The van der Waals surface area contributed by atoms with Gasteiger partial charge >= 0.3 is 0 Å². The van der Waals surface area contributed by atoms with E-state index in [-0.39, 0.29) is 18.2 Å². The number of nitrogens with two attached hydrogens (primary N) is 1. The summed E-state index contributed by atoms with van der Waals surface area (Å²) in [6.45, 7) is 0.146. The van der Waals surface area contributed by atoms with E-state index in [0.717, 1.165) is 12.3 Å². The normalized spacial score (nSPS) is 12.2. The first kappa shape index (κ1) is 12.2. The van der Waals surface area contributed by atoms with Gasteiger partial charge in [0, 0.05) is 11.8 Å². The summed E-state index contributed by atoms with van der Waals surface area (Å²) in [4.78, 5) is 15.6. The molecule has 2 heterocycles. The number of nitrogen functional groups attached to an aromatic ring is 1. The van der Waals surface area contributed by atoms with E-state index in [4.69, 9.17) is 15.2 Å². The lowest BCUT2D eigenvalue weighted by Crippen LogP contribution is -2.15. The van der Waals surface area contributed by atoms with Gasteiger partial charge in [0.05, 0.1) is 11.8 Å². The van der Waals surface area contributed by atoms with Crippen LogP contribution in [0.4, 0.5) is 15.9 Å². The number of amides is 1. The number of fused-ring (bicyclic) bond motifs is 1. The third-order valence-corrected chi connectivity index (χ3v) is 2.76. The number of hydrogen-bond donors (Lipinski definition) is 2. The smallest absolute Gasteiger partial charge is 0.259 e. The highest BCUT2D eigenvalue weighted by molar-refractivity contribution is 6.07. The molecule has 0 bridgehead atoms. The number of pyridine rings is 1. The molecule has 1 aliphatic heterocycles. The summed E-state index contributed by atoms with van der Waals surface area (Å²) in [7, 11) is 0. The Morgan fingerprint density at radius 2 is 2.10 bits per heavy atom. The summed E-state index contributed by atoms with van der Waals surface area (Å²) >= 11 is 0. The van der Waals surface area contributed by atoms with Crippen LogP contribution in [0.3, 0.4) is 0 Å². The minimum Gasteiger partial charge on any atom is -0.454 e. The Hall–Kier alpha value is -2.83. The third kappa shape index (κ3) is 2.20. The van der Waals surface area contributed by atoms with Crippen LogP contribution in [0.2, 0.25) is 0 Å². The molecule has 1 aromatic carbocycles. The van der Waals surface area contributed by atoms with Crippen molar-refractivity contribution in [3.8, 4) is 11.5 Å². The molecule has 0 saturated carbocycles. The van der Waals surface area contributed by atoms with Gasteiger partial charge in [0.15, 0.2) is 11.5 Å². The molecule has 7 heteroatoms. The lowest BCUT2D eigenvalue weighted by molar-refractivity contribution is 0.102. The number of anilines is 2. The maximum absolute atomic E-state index is 13.1. The summed E-state index contributed by atoms with van der Waals surface area (Å²) in [5.41, 5.74) is 6.01. The zero-order valence-electron chi connectivity index (χ0n) is 10.2. The fourth-order valence-electron chi connectivity index (χ4n) is 1.80. The Labute approximate surface area is 113 Å². The molecule has 0 unspecified atom stereocenters. The van der Waals surface area contributed by atoms with Crippen LogP contribution < -0.4 is 20.5 Å². The fraction of sp³-hybridized carbons (Fsp3) is 0.0769. The second kappa shape index (κ2) is 4.69. The second-order valence-corrected chi connectivity index (χ2v) is 4.11. The largest absolute Gasteiger partial charge is 0.454 e. The second-order valence-electron chi connectivity index (χ2n) is 4.11. The quantitative estimate of drug-likeness (QED) is 0.872. The minimum absolute atomic E-state index is 0.0253. The van der Waals surface area contributed by atoms with E-state index >= 15 is 0 Å². The molecule has 3 rings (SSSR count). The minimum atomic E-state index is -0.630. The Kier molecular flexibility index (Phi) is 2.86. The fourth-order valence-corrected chi connectivity index (χ4v) is 1.80. The summed E-state index contributed by atoms with van der Waals surface area (Å²) < 4.78 is 23.5. The van der Waals surface area contributed by atoms with Crippen molar-refractivity contribution in [1.29, 1.82) is 0 Å². The molecule has 20 heavy (non-hydrogen) atoms. The number of ether oxygens (including phenoxy) is 2. The van der Waals surface area contributed by atoms with Crippen LogP contribution in [0.25, 0.3) is 0 Å². The molecule has 0 atom stereocenters. The molecule has 2 aromatic rings. The van der Waals surface area contributed by atoms with Gasteiger partial charge in [-0.15, -0.1) is 0 Å². The summed E-state index contributed by atoms with van der Waals surface area (Å²) in [5.74, 6) is -0.0730.